The summed E-state index contributed by atoms with van der Waals surface area (Å²) in [7, 11) is 0. The Balaban J connectivity index is 0.000000384. The van der Waals surface area contributed by atoms with Crippen LogP contribution in [0.1, 0.15) is 77.0 Å². The average molecular weight is 402 g/mol. The molecule has 0 saturated carbocycles. The first-order valence-corrected chi connectivity index (χ1v) is 9.63. The van der Waals surface area contributed by atoms with E-state index in [0.29, 0.717) is 36.0 Å². The molecule has 0 saturated heterocycles. The first-order valence-electron chi connectivity index (χ1n) is 9.63. The maximum absolute atomic E-state index is 10.2. The zero-order valence-electron chi connectivity index (χ0n) is 16.2. The number of hydrogen-bond acceptors (Lipinski definition) is 6. The summed E-state index contributed by atoms with van der Waals surface area (Å²) in [5, 5.41) is 30.5. The van der Waals surface area contributed by atoms with Gasteiger partial charge in [-0.3, -0.25) is 0 Å². The number of hydrogen-bond donors (Lipinski definition) is 0. The summed E-state index contributed by atoms with van der Waals surface area (Å²) in [5.41, 5.74) is 1.46. The second kappa shape index (κ2) is 15.1. The molecule has 0 aromatic rings. The molecule has 0 atom stereocenters. The third kappa shape index (κ3) is 11.1. The molecule has 0 fully saturated rings. The van der Waals surface area contributed by atoms with Crippen molar-refractivity contribution in [2.75, 3.05) is 0 Å². The van der Waals surface area contributed by atoms with Gasteiger partial charge in [0.1, 0.15) is 0 Å². The molecule has 0 heterocycles. The second-order valence-corrected chi connectivity index (χ2v) is 6.79. The molecule has 0 amide bonds. The largest absolute Gasteiger partial charge is 3.00 e. The zero-order chi connectivity index (χ0) is 20.1. The van der Waals surface area contributed by atoms with Crippen molar-refractivity contribution in [1.82, 2.24) is 0 Å². The number of carbonyl (C=O) groups is 3. The summed E-state index contributed by atoms with van der Waals surface area (Å²) in [6, 6.07) is 0. The molecule has 3 aliphatic rings. The fourth-order valence-corrected chi connectivity index (χ4v) is 3.07. The van der Waals surface area contributed by atoms with Crippen molar-refractivity contribution < 1.29 is 29.7 Å². The molecule has 0 aromatic heterocycles. The Bertz CT molecular complexity index is 533. The van der Waals surface area contributed by atoms with Crippen molar-refractivity contribution in [2.45, 2.75) is 77.0 Å². The molecule has 150 valence electrons. The van der Waals surface area contributed by atoms with E-state index < -0.39 is 17.9 Å². The first kappa shape index (κ1) is 26.2. The Morgan fingerprint density at radius 1 is 0.536 bits per heavy atom. The fraction of sp³-hybridized carbons (Fsp3) is 0.571. The van der Waals surface area contributed by atoms with Crippen LogP contribution in [-0.4, -0.2) is 35.3 Å². The van der Waals surface area contributed by atoms with E-state index in [9.17, 15) is 29.7 Å². The normalized spacial score (nSPS) is 18.2. The van der Waals surface area contributed by atoms with Crippen molar-refractivity contribution in [2.24, 2.45) is 0 Å². The maximum Gasteiger partial charge on any atom is 3.00 e. The van der Waals surface area contributed by atoms with Crippen molar-refractivity contribution in [3.8, 4) is 0 Å². The van der Waals surface area contributed by atoms with Crippen LogP contribution in [0, 0.1) is 0 Å². The van der Waals surface area contributed by atoms with Gasteiger partial charge in [-0.1, -0.05) is 18.2 Å². The number of carbonyl (C=O) groups excluding carboxylic acids is 3. The van der Waals surface area contributed by atoms with Gasteiger partial charge in [0.05, 0.1) is 17.9 Å². The number of allylic oxidation sites excluding steroid dienone is 3. The van der Waals surface area contributed by atoms with E-state index in [1.807, 2.05) is 0 Å². The van der Waals surface area contributed by atoms with Crippen molar-refractivity contribution >= 4 is 35.3 Å². The van der Waals surface area contributed by atoms with Crippen LogP contribution in [0.2, 0.25) is 0 Å². The van der Waals surface area contributed by atoms with Crippen LogP contribution in [0.25, 0.3) is 0 Å². The van der Waals surface area contributed by atoms with Gasteiger partial charge in [0.2, 0.25) is 0 Å². The van der Waals surface area contributed by atoms with Crippen LogP contribution in [0.4, 0.5) is 0 Å². The topological polar surface area (TPSA) is 120 Å². The minimum absolute atomic E-state index is 0. The standard InChI is InChI=1S/3C7H10O2.Al/c3*8-7(9)6-4-2-1-3-5-6;/h3*4H,1-3,5H2,(H,8,9);/q;;;+3/p-3. The van der Waals surface area contributed by atoms with Gasteiger partial charge < -0.3 is 29.7 Å². The summed E-state index contributed by atoms with van der Waals surface area (Å²) in [6.45, 7) is 0. The van der Waals surface area contributed by atoms with E-state index in [-0.39, 0.29) is 17.4 Å². The van der Waals surface area contributed by atoms with Gasteiger partial charge in [-0.15, -0.1) is 0 Å². The molecule has 0 spiro atoms. The second-order valence-electron chi connectivity index (χ2n) is 6.79. The summed E-state index contributed by atoms with van der Waals surface area (Å²) in [5.74, 6) is -2.97. The molecular weight excluding hydrogens is 375 g/mol. The van der Waals surface area contributed by atoms with Gasteiger partial charge in [0.25, 0.3) is 0 Å². The molecule has 3 rings (SSSR count). The van der Waals surface area contributed by atoms with E-state index >= 15 is 0 Å². The Morgan fingerprint density at radius 3 is 0.893 bits per heavy atom. The number of aliphatic carboxylic acids is 3. The van der Waals surface area contributed by atoms with Gasteiger partial charge in [-0.05, 0) is 93.8 Å². The van der Waals surface area contributed by atoms with E-state index in [2.05, 4.69) is 0 Å². The van der Waals surface area contributed by atoms with Crippen LogP contribution >= 0.6 is 0 Å². The van der Waals surface area contributed by atoms with Crippen LogP contribution < -0.4 is 15.3 Å². The molecule has 3 aliphatic carbocycles. The summed E-state index contributed by atoms with van der Waals surface area (Å²) < 4.78 is 0. The molecular formula is C21H27AlO6. The Labute approximate surface area is 177 Å². The molecule has 0 unspecified atom stereocenters. The van der Waals surface area contributed by atoms with Gasteiger partial charge in [0.15, 0.2) is 0 Å². The summed E-state index contributed by atoms with van der Waals surface area (Å²) in [4.78, 5) is 30.5. The van der Waals surface area contributed by atoms with Crippen molar-refractivity contribution in [1.29, 1.82) is 0 Å². The fourth-order valence-electron chi connectivity index (χ4n) is 3.07. The third-order valence-corrected chi connectivity index (χ3v) is 4.66. The van der Waals surface area contributed by atoms with Gasteiger partial charge in [-0.2, -0.15) is 0 Å². The quantitative estimate of drug-likeness (QED) is 0.627. The smallest absolute Gasteiger partial charge is 0.545 e. The SMILES string of the molecule is O=C([O-])C1=CCCCC1.O=C([O-])C1=CCCCC1.O=C([O-])C1=CCCCC1.[Al+3]. The number of carboxylic acid groups (broad SMARTS) is 3. The molecule has 6 nitrogen and oxygen atoms in total. The van der Waals surface area contributed by atoms with Crippen molar-refractivity contribution in [3.63, 3.8) is 0 Å². The van der Waals surface area contributed by atoms with Crippen LogP contribution in [-0.2, 0) is 14.4 Å². The minimum Gasteiger partial charge on any atom is -0.545 e. The molecule has 0 aliphatic heterocycles. The molecule has 0 N–H and O–H groups in total. The summed E-state index contributed by atoms with van der Waals surface area (Å²) in [6.07, 6.45) is 16.5. The van der Waals surface area contributed by atoms with E-state index in [1.165, 1.54) is 0 Å². The molecule has 7 heteroatoms. The molecule has 0 radical (unpaired) electrons. The first-order chi connectivity index (χ1) is 12.9. The van der Waals surface area contributed by atoms with E-state index in [0.717, 1.165) is 57.8 Å². The third-order valence-electron chi connectivity index (χ3n) is 4.66. The molecule has 28 heavy (non-hydrogen) atoms. The van der Waals surface area contributed by atoms with Crippen LogP contribution in [0.15, 0.2) is 34.9 Å². The average Bonchev–Trinajstić information content (AvgIpc) is 2.71. The van der Waals surface area contributed by atoms with E-state index in [4.69, 9.17) is 0 Å². The number of carboxylic acids is 3. The minimum atomic E-state index is -0.991. The van der Waals surface area contributed by atoms with Crippen LogP contribution in [0.3, 0.4) is 0 Å². The Hall–Kier alpha value is -1.84. The number of rotatable bonds is 3. The Morgan fingerprint density at radius 2 is 0.786 bits per heavy atom. The van der Waals surface area contributed by atoms with Gasteiger partial charge in [-0.25, -0.2) is 0 Å². The molecule has 0 bridgehead atoms. The molecule has 0 aromatic carbocycles. The Kier molecular flexibility index (Phi) is 14.1. The van der Waals surface area contributed by atoms with Crippen molar-refractivity contribution in [3.05, 3.63) is 34.9 Å². The summed E-state index contributed by atoms with van der Waals surface area (Å²) >= 11 is 0. The zero-order valence-corrected chi connectivity index (χ0v) is 17.4. The van der Waals surface area contributed by atoms with Gasteiger partial charge in [0, 0.05) is 0 Å². The monoisotopic (exact) mass is 402 g/mol. The van der Waals surface area contributed by atoms with Gasteiger partial charge >= 0.3 is 17.4 Å². The predicted molar refractivity (Wildman–Crippen MR) is 100 cm³/mol. The van der Waals surface area contributed by atoms with E-state index in [1.54, 1.807) is 18.2 Å². The maximum atomic E-state index is 10.2. The predicted octanol–water partition coefficient (Wildman–Crippen LogP) is 0.329. The van der Waals surface area contributed by atoms with Crippen LogP contribution in [0.5, 0.6) is 0 Å².